The molecule has 3 aromatic rings. The number of nitrogens with zero attached hydrogens (tertiary/aromatic N) is 8. The van der Waals surface area contributed by atoms with Gasteiger partial charge >= 0.3 is 6.09 Å². The van der Waals surface area contributed by atoms with Crippen molar-refractivity contribution in [2.24, 2.45) is 7.05 Å². The second-order valence-electron chi connectivity index (χ2n) is 14.2. The van der Waals surface area contributed by atoms with Crippen molar-refractivity contribution in [1.29, 1.82) is 0 Å². The summed E-state index contributed by atoms with van der Waals surface area (Å²) in [5, 5.41) is 0. The summed E-state index contributed by atoms with van der Waals surface area (Å²) in [6.45, 7) is 19.3. The predicted octanol–water partition coefficient (Wildman–Crippen LogP) is 4.30. The third-order valence-corrected chi connectivity index (χ3v) is 9.20. The van der Waals surface area contributed by atoms with Crippen LogP contribution in [0.1, 0.15) is 51.8 Å². The number of hydrogen-bond donors (Lipinski definition) is 0. The van der Waals surface area contributed by atoms with Gasteiger partial charge < -0.3 is 28.9 Å². The molecule has 1 amide bonds. The number of aromatic nitrogens is 3. The van der Waals surface area contributed by atoms with Crippen molar-refractivity contribution in [2.45, 2.75) is 59.1 Å². The van der Waals surface area contributed by atoms with E-state index in [4.69, 9.17) is 14.7 Å². The summed E-state index contributed by atoms with van der Waals surface area (Å²) in [4.78, 5) is 46.2. The molecular weight excluding hydrogens is 580 g/mol. The fourth-order valence-electron chi connectivity index (χ4n) is 6.73. The predicted molar refractivity (Wildman–Crippen MR) is 183 cm³/mol. The molecule has 0 aromatic carbocycles. The molecule has 46 heavy (non-hydrogen) atoms. The van der Waals surface area contributed by atoms with Gasteiger partial charge in [-0.1, -0.05) is 13.8 Å². The van der Waals surface area contributed by atoms with Gasteiger partial charge in [-0.15, -0.1) is 0 Å². The van der Waals surface area contributed by atoms with Crippen LogP contribution in [-0.4, -0.2) is 101 Å². The molecule has 6 heterocycles. The lowest BCUT2D eigenvalue weighted by Gasteiger charge is -2.37. The van der Waals surface area contributed by atoms with Crippen molar-refractivity contribution in [1.82, 2.24) is 24.3 Å². The minimum atomic E-state index is -0.487. The Labute approximate surface area is 272 Å². The number of piperazine rings is 2. The van der Waals surface area contributed by atoms with Gasteiger partial charge in [0.25, 0.3) is 5.56 Å². The second-order valence-corrected chi connectivity index (χ2v) is 14.2. The molecule has 3 fully saturated rings. The maximum Gasteiger partial charge on any atom is 0.410 e. The molecule has 6 rings (SSSR count). The number of pyridine rings is 3. The van der Waals surface area contributed by atoms with Crippen molar-refractivity contribution < 1.29 is 9.53 Å². The fraction of sp³-hybridized carbons (Fsp3) is 0.543. The summed E-state index contributed by atoms with van der Waals surface area (Å²) < 4.78 is 7.20. The van der Waals surface area contributed by atoms with Crippen LogP contribution in [0, 0.1) is 6.92 Å². The number of amides is 1. The topological polar surface area (TPSA) is 90.3 Å². The highest BCUT2D eigenvalue weighted by atomic mass is 16.6. The van der Waals surface area contributed by atoms with Crippen molar-refractivity contribution >= 4 is 23.4 Å². The first-order chi connectivity index (χ1) is 21.9. The molecule has 3 aliphatic rings. The van der Waals surface area contributed by atoms with E-state index in [0.29, 0.717) is 19.1 Å². The minimum Gasteiger partial charge on any atom is -0.444 e. The van der Waals surface area contributed by atoms with Gasteiger partial charge in [0.2, 0.25) is 0 Å². The molecule has 0 N–H and O–H groups in total. The Morgan fingerprint density at radius 2 is 1.63 bits per heavy atom. The van der Waals surface area contributed by atoms with Crippen molar-refractivity contribution in [3.05, 3.63) is 64.3 Å². The third kappa shape index (κ3) is 6.70. The largest absolute Gasteiger partial charge is 0.444 e. The SMILES string of the molecule is Cc1cc(-c2ccc(N3CCN4CN(c5ccc(N6CCN(C(=O)OC(C)(C)C)CC6)nc5)CC4C3)nc2C(C)C)cn(C)c1=O. The molecular formula is C35H48N8O3. The molecule has 11 nitrogen and oxygen atoms in total. The first-order valence-corrected chi connectivity index (χ1v) is 16.5. The highest BCUT2D eigenvalue weighted by Gasteiger charge is 2.36. The maximum absolute atomic E-state index is 12.4. The van der Waals surface area contributed by atoms with Crippen LogP contribution in [0.2, 0.25) is 0 Å². The summed E-state index contributed by atoms with van der Waals surface area (Å²) in [6, 6.07) is 11.0. The average Bonchev–Trinajstić information content (AvgIpc) is 3.46. The number of aryl methyl sites for hydroxylation is 2. The van der Waals surface area contributed by atoms with Crippen LogP contribution in [0.25, 0.3) is 11.1 Å². The highest BCUT2D eigenvalue weighted by Crippen LogP contribution is 2.32. The molecule has 0 saturated carbocycles. The second kappa shape index (κ2) is 12.6. The van der Waals surface area contributed by atoms with E-state index in [1.54, 1.807) is 9.47 Å². The van der Waals surface area contributed by atoms with Gasteiger partial charge in [-0.2, -0.15) is 0 Å². The quantitative estimate of drug-likeness (QED) is 0.410. The van der Waals surface area contributed by atoms with Crippen LogP contribution in [0.15, 0.2) is 47.5 Å². The van der Waals surface area contributed by atoms with E-state index in [2.05, 4.69) is 57.7 Å². The van der Waals surface area contributed by atoms with E-state index >= 15 is 0 Å². The van der Waals surface area contributed by atoms with E-state index in [9.17, 15) is 9.59 Å². The summed E-state index contributed by atoms with van der Waals surface area (Å²) in [5.41, 5.74) is 4.59. The van der Waals surface area contributed by atoms with Crippen LogP contribution < -0.4 is 20.3 Å². The lowest BCUT2D eigenvalue weighted by atomic mass is 9.97. The van der Waals surface area contributed by atoms with E-state index in [-0.39, 0.29) is 17.6 Å². The Kier molecular flexibility index (Phi) is 8.71. The molecule has 0 bridgehead atoms. The molecule has 3 aromatic heterocycles. The molecule has 3 aliphatic heterocycles. The number of carbonyl (C=O) groups excluding carboxylic acids is 1. The van der Waals surface area contributed by atoms with Gasteiger partial charge in [0, 0.05) is 88.3 Å². The van der Waals surface area contributed by atoms with Crippen LogP contribution in [0.3, 0.4) is 0 Å². The van der Waals surface area contributed by atoms with Gasteiger partial charge in [0.15, 0.2) is 0 Å². The molecule has 0 spiro atoms. The molecule has 11 heteroatoms. The lowest BCUT2D eigenvalue weighted by molar-refractivity contribution is 0.0240. The summed E-state index contributed by atoms with van der Waals surface area (Å²) in [6.07, 6.45) is 3.66. The maximum atomic E-state index is 12.4. The van der Waals surface area contributed by atoms with Crippen molar-refractivity contribution in [3.8, 4) is 11.1 Å². The van der Waals surface area contributed by atoms with E-state index in [1.165, 1.54) is 0 Å². The monoisotopic (exact) mass is 628 g/mol. The van der Waals surface area contributed by atoms with Crippen LogP contribution in [-0.2, 0) is 11.8 Å². The van der Waals surface area contributed by atoms with E-state index in [1.807, 2.05) is 53.2 Å². The number of hydrogen-bond acceptors (Lipinski definition) is 9. The molecule has 0 radical (unpaired) electrons. The number of carbonyl (C=O) groups is 1. The number of rotatable bonds is 5. The molecule has 1 atom stereocenters. The van der Waals surface area contributed by atoms with Crippen LogP contribution in [0.5, 0.6) is 0 Å². The van der Waals surface area contributed by atoms with Gasteiger partial charge in [-0.3, -0.25) is 9.69 Å². The average molecular weight is 629 g/mol. The Hall–Kier alpha value is -4.12. The van der Waals surface area contributed by atoms with Gasteiger partial charge in [0.1, 0.15) is 17.2 Å². The third-order valence-electron chi connectivity index (χ3n) is 9.20. The number of ether oxygens (including phenoxy) is 1. The van der Waals surface area contributed by atoms with Gasteiger partial charge in [0.05, 0.1) is 24.2 Å². The standard InChI is InChI=1S/C35H48N8O3/c1-24(2)32-29(26-18-25(3)33(44)38(7)20-26)9-11-31(37-32)41-16-17-42-23-43(22-28(42)21-41)27-8-10-30(36-19-27)39-12-14-40(15-13-39)34(45)46-35(4,5)6/h8-11,18-20,24,28H,12-17,21-23H2,1-7H3. The number of fused-ring (bicyclic) bond motifs is 1. The molecule has 0 aliphatic carbocycles. The smallest absolute Gasteiger partial charge is 0.410 e. The zero-order chi connectivity index (χ0) is 32.7. The van der Waals surface area contributed by atoms with Crippen LogP contribution in [0.4, 0.5) is 22.1 Å². The van der Waals surface area contributed by atoms with Gasteiger partial charge in [-0.25, -0.2) is 14.8 Å². The highest BCUT2D eigenvalue weighted by molar-refractivity contribution is 5.69. The fourth-order valence-corrected chi connectivity index (χ4v) is 6.73. The Bertz CT molecular complexity index is 1600. The Morgan fingerprint density at radius 1 is 0.935 bits per heavy atom. The molecule has 1 unspecified atom stereocenters. The van der Waals surface area contributed by atoms with Crippen molar-refractivity contribution in [3.63, 3.8) is 0 Å². The minimum absolute atomic E-state index is 0.0322. The first-order valence-electron chi connectivity index (χ1n) is 16.5. The zero-order valence-corrected chi connectivity index (χ0v) is 28.4. The Morgan fingerprint density at radius 3 is 2.28 bits per heavy atom. The normalized spacial score (nSPS) is 19.2. The summed E-state index contributed by atoms with van der Waals surface area (Å²) >= 11 is 0. The Balaban J connectivity index is 1.08. The zero-order valence-electron chi connectivity index (χ0n) is 28.4. The molecule has 246 valence electrons. The van der Waals surface area contributed by atoms with Crippen molar-refractivity contribution in [2.75, 3.05) is 73.7 Å². The molecule has 3 saturated heterocycles. The first kappa shape index (κ1) is 31.8. The van der Waals surface area contributed by atoms with E-state index in [0.717, 1.165) is 85.6 Å². The lowest BCUT2D eigenvalue weighted by Crippen LogP contribution is -2.51. The number of anilines is 3. The van der Waals surface area contributed by atoms with Gasteiger partial charge in [-0.05, 0) is 63.9 Å². The van der Waals surface area contributed by atoms with Crippen LogP contribution >= 0.6 is 0 Å². The summed E-state index contributed by atoms with van der Waals surface area (Å²) in [5.74, 6) is 2.21. The summed E-state index contributed by atoms with van der Waals surface area (Å²) in [7, 11) is 1.81. The van der Waals surface area contributed by atoms with E-state index < -0.39 is 5.60 Å².